The zero-order valence-electron chi connectivity index (χ0n) is 10.8. The maximum atomic E-state index is 14.0. The van der Waals surface area contributed by atoms with Crippen LogP contribution in [0.3, 0.4) is 0 Å². The van der Waals surface area contributed by atoms with E-state index < -0.39 is 0 Å². The van der Waals surface area contributed by atoms with E-state index in [1.165, 1.54) is 6.07 Å². The molecule has 0 aromatic heterocycles. The third-order valence-electron chi connectivity index (χ3n) is 2.93. The zero-order valence-corrected chi connectivity index (χ0v) is 11.6. The highest BCUT2D eigenvalue weighted by atomic mass is 35.5. The van der Waals surface area contributed by atoms with Crippen LogP contribution in [0.25, 0.3) is 11.1 Å². The van der Waals surface area contributed by atoms with Gasteiger partial charge in [-0.25, -0.2) is 4.39 Å². The molecule has 0 unspecified atom stereocenters. The molecule has 2 aromatic carbocycles. The SMILES string of the molecule is CC(C)(C)c1c(F)ccc(-c2ccccc2)c1Cl. The third kappa shape index (κ3) is 2.41. The van der Waals surface area contributed by atoms with Crippen LogP contribution in [-0.4, -0.2) is 0 Å². The van der Waals surface area contributed by atoms with Gasteiger partial charge in [0, 0.05) is 11.1 Å². The fourth-order valence-electron chi connectivity index (χ4n) is 2.08. The molecule has 0 radical (unpaired) electrons. The Balaban J connectivity index is 2.66. The van der Waals surface area contributed by atoms with Gasteiger partial charge in [-0.15, -0.1) is 0 Å². The Morgan fingerprint density at radius 1 is 0.944 bits per heavy atom. The molecule has 0 amide bonds. The van der Waals surface area contributed by atoms with Crippen molar-refractivity contribution in [2.24, 2.45) is 0 Å². The van der Waals surface area contributed by atoms with Gasteiger partial charge in [0.1, 0.15) is 5.82 Å². The van der Waals surface area contributed by atoms with E-state index in [0.717, 1.165) is 11.1 Å². The predicted molar refractivity (Wildman–Crippen MR) is 75.5 cm³/mol. The number of benzene rings is 2. The Morgan fingerprint density at radius 3 is 2.11 bits per heavy atom. The van der Waals surface area contributed by atoms with Crippen LogP contribution < -0.4 is 0 Å². The summed E-state index contributed by atoms with van der Waals surface area (Å²) in [6, 6.07) is 13.0. The molecule has 0 atom stereocenters. The fourth-order valence-corrected chi connectivity index (χ4v) is 2.63. The topological polar surface area (TPSA) is 0 Å². The molecule has 0 bridgehead atoms. The van der Waals surface area contributed by atoms with E-state index in [2.05, 4.69) is 0 Å². The van der Waals surface area contributed by atoms with E-state index in [1.54, 1.807) is 6.07 Å². The monoisotopic (exact) mass is 262 g/mol. The van der Waals surface area contributed by atoms with Crippen LogP contribution in [0, 0.1) is 5.82 Å². The zero-order chi connectivity index (χ0) is 13.3. The van der Waals surface area contributed by atoms with E-state index in [1.807, 2.05) is 51.1 Å². The van der Waals surface area contributed by atoms with Crippen molar-refractivity contribution < 1.29 is 4.39 Å². The van der Waals surface area contributed by atoms with Crippen LogP contribution >= 0.6 is 11.6 Å². The minimum Gasteiger partial charge on any atom is -0.207 e. The van der Waals surface area contributed by atoms with Gasteiger partial charge < -0.3 is 0 Å². The number of hydrogen-bond donors (Lipinski definition) is 0. The average Bonchev–Trinajstić information content (AvgIpc) is 2.28. The van der Waals surface area contributed by atoms with Gasteiger partial charge in [-0.05, 0) is 23.1 Å². The second kappa shape index (κ2) is 4.74. The summed E-state index contributed by atoms with van der Waals surface area (Å²) in [4.78, 5) is 0. The van der Waals surface area contributed by atoms with E-state index in [-0.39, 0.29) is 11.2 Å². The molecule has 0 saturated heterocycles. The van der Waals surface area contributed by atoms with Crippen molar-refractivity contribution in [2.75, 3.05) is 0 Å². The summed E-state index contributed by atoms with van der Waals surface area (Å²) < 4.78 is 14.0. The van der Waals surface area contributed by atoms with Crippen LogP contribution in [0.15, 0.2) is 42.5 Å². The largest absolute Gasteiger partial charge is 0.207 e. The van der Waals surface area contributed by atoms with Crippen molar-refractivity contribution in [3.63, 3.8) is 0 Å². The Bertz CT molecular complexity index is 553. The van der Waals surface area contributed by atoms with Crippen molar-refractivity contribution in [1.82, 2.24) is 0 Å². The number of hydrogen-bond acceptors (Lipinski definition) is 0. The Morgan fingerprint density at radius 2 is 1.56 bits per heavy atom. The van der Waals surface area contributed by atoms with E-state index in [4.69, 9.17) is 11.6 Å². The molecule has 2 rings (SSSR count). The van der Waals surface area contributed by atoms with Gasteiger partial charge in [0.05, 0.1) is 5.02 Å². The lowest BCUT2D eigenvalue weighted by atomic mass is 9.85. The first kappa shape index (κ1) is 13.1. The molecule has 0 heterocycles. The van der Waals surface area contributed by atoms with Gasteiger partial charge in [0.25, 0.3) is 0 Å². The minimum absolute atomic E-state index is 0.243. The molecular formula is C16H16ClF. The summed E-state index contributed by atoms with van der Waals surface area (Å²) >= 11 is 6.39. The highest BCUT2D eigenvalue weighted by Crippen LogP contribution is 2.38. The molecule has 2 heteroatoms. The van der Waals surface area contributed by atoms with Crippen molar-refractivity contribution >= 4 is 11.6 Å². The maximum Gasteiger partial charge on any atom is 0.128 e. The normalized spacial score (nSPS) is 11.6. The smallest absolute Gasteiger partial charge is 0.128 e. The highest BCUT2D eigenvalue weighted by molar-refractivity contribution is 6.34. The van der Waals surface area contributed by atoms with Crippen molar-refractivity contribution in [2.45, 2.75) is 26.2 Å². The summed E-state index contributed by atoms with van der Waals surface area (Å²) in [6.45, 7) is 5.89. The van der Waals surface area contributed by atoms with Gasteiger partial charge in [-0.2, -0.15) is 0 Å². The first-order chi connectivity index (χ1) is 8.41. The van der Waals surface area contributed by atoms with Crippen LogP contribution in [0.2, 0.25) is 5.02 Å². The van der Waals surface area contributed by atoms with Gasteiger partial charge in [-0.1, -0.05) is 62.7 Å². The predicted octanol–water partition coefficient (Wildman–Crippen LogP) is 5.44. The quantitative estimate of drug-likeness (QED) is 0.642. The van der Waals surface area contributed by atoms with Crippen molar-refractivity contribution in [1.29, 1.82) is 0 Å². The van der Waals surface area contributed by atoms with E-state index in [0.29, 0.717) is 10.6 Å². The lowest BCUT2D eigenvalue weighted by Gasteiger charge is -2.23. The molecule has 0 N–H and O–H groups in total. The van der Waals surface area contributed by atoms with Crippen LogP contribution in [0.5, 0.6) is 0 Å². The van der Waals surface area contributed by atoms with Gasteiger partial charge in [0.15, 0.2) is 0 Å². The second-order valence-electron chi connectivity index (χ2n) is 5.40. The summed E-state index contributed by atoms with van der Waals surface area (Å²) in [5.41, 5.74) is 2.15. The molecular weight excluding hydrogens is 247 g/mol. The summed E-state index contributed by atoms with van der Waals surface area (Å²) in [5, 5.41) is 0.508. The molecule has 0 spiro atoms. The molecule has 0 aliphatic carbocycles. The average molecular weight is 263 g/mol. The maximum absolute atomic E-state index is 14.0. The fraction of sp³-hybridized carbons (Fsp3) is 0.250. The van der Waals surface area contributed by atoms with Gasteiger partial charge >= 0.3 is 0 Å². The van der Waals surface area contributed by atoms with Crippen LogP contribution in [0.4, 0.5) is 4.39 Å². The summed E-state index contributed by atoms with van der Waals surface area (Å²) in [7, 11) is 0. The summed E-state index contributed by atoms with van der Waals surface area (Å²) in [6.07, 6.45) is 0. The Kier molecular flexibility index (Phi) is 3.45. The second-order valence-corrected chi connectivity index (χ2v) is 5.78. The first-order valence-corrected chi connectivity index (χ1v) is 6.33. The summed E-state index contributed by atoms with van der Waals surface area (Å²) in [5.74, 6) is -0.243. The standard InChI is InChI=1S/C16H16ClF/c1-16(2,3)14-13(18)10-9-12(15(14)17)11-7-5-4-6-8-11/h4-10H,1-3H3. The third-order valence-corrected chi connectivity index (χ3v) is 3.32. The molecule has 0 saturated carbocycles. The molecule has 0 nitrogen and oxygen atoms in total. The molecule has 18 heavy (non-hydrogen) atoms. The number of halogens is 2. The molecule has 0 fully saturated rings. The number of rotatable bonds is 1. The molecule has 94 valence electrons. The molecule has 0 aliphatic heterocycles. The van der Waals surface area contributed by atoms with Crippen LogP contribution in [-0.2, 0) is 5.41 Å². The Labute approximate surface area is 112 Å². The van der Waals surface area contributed by atoms with Crippen LogP contribution in [0.1, 0.15) is 26.3 Å². The van der Waals surface area contributed by atoms with Gasteiger partial charge in [-0.3, -0.25) is 0 Å². The lowest BCUT2D eigenvalue weighted by molar-refractivity contribution is 0.523. The highest BCUT2D eigenvalue weighted by Gasteiger charge is 2.23. The molecule has 2 aromatic rings. The van der Waals surface area contributed by atoms with Crippen molar-refractivity contribution in [3.8, 4) is 11.1 Å². The first-order valence-electron chi connectivity index (χ1n) is 5.95. The van der Waals surface area contributed by atoms with E-state index in [9.17, 15) is 4.39 Å². The molecule has 0 aliphatic rings. The van der Waals surface area contributed by atoms with Gasteiger partial charge in [0.2, 0.25) is 0 Å². The van der Waals surface area contributed by atoms with Crippen molar-refractivity contribution in [3.05, 3.63) is 58.9 Å². The van der Waals surface area contributed by atoms with E-state index >= 15 is 0 Å². The lowest BCUT2D eigenvalue weighted by Crippen LogP contribution is -2.14. The minimum atomic E-state index is -0.314. The Hall–Kier alpha value is -1.34.